The highest BCUT2D eigenvalue weighted by molar-refractivity contribution is 14.0. The minimum absolute atomic E-state index is 0. The highest BCUT2D eigenvalue weighted by Crippen LogP contribution is 2.46. The summed E-state index contributed by atoms with van der Waals surface area (Å²) in [6.45, 7) is 10.8. The highest BCUT2D eigenvalue weighted by atomic mass is 127. The standard InChI is InChI=1S/C18H29N3O2.HI/c1-17(2)12-21(18(17,3)4)16(19-5)20-10-9-13-7-8-14(23-6)11-15(13)22;/h7-8,11,22H,9-10,12H2,1-6H3,(H,19,20);1H. The zero-order valence-electron chi connectivity index (χ0n) is 15.5. The number of nitrogens with zero attached hydrogens (tertiary/aromatic N) is 2. The van der Waals surface area contributed by atoms with Gasteiger partial charge in [-0.3, -0.25) is 4.99 Å². The SMILES string of the molecule is CN=C(NCCc1ccc(OC)cc1O)N1CC(C)(C)C1(C)C.I. The van der Waals surface area contributed by atoms with Gasteiger partial charge in [-0.05, 0) is 31.9 Å². The van der Waals surface area contributed by atoms with Gasteiger partial charge in [0.25, 0.3) is 0 Å². The molecule has 24 heavy (non-hydrogen) atoms. The van der Waals surface area contributed by atoms with Crippen molar-refractivity contribution < 1.29 is 9.84 Å². The number of phenolic OH excluding ortho intramolecular Hbond substituents is 1. The van der Waals surface area contributed by atoms with Crippen LogP contribution in [-0.4, -0.2) is 48.8 Å². The van der Waals surface area contributed by atoms with Crippen LogP contribution in [0.4, 0.5) is 0 Å². The normalized spacial score (nSPS) is 18.4. The summed E-state index contributed by atoms with van der Waals surface area (Å²) >= 11 is 0. The second-order valence-corrected chi connectivity index (χ2v) is 7.25. The molecule has 0 amide bonds. The van der Waals surface area contributed by atoms with Gasteiger partial charge in [0, 0.05) is 37.2 Å². The van der Waals surface area contributed by atoms with Gasteiger partial charge >= 0.3 is 0 Å². The summed E-state index contributed by atoms with van der Waals surface area (Å²) in [6, 6.07) is 5.41. The lowest BCUT2D eigenvalue weighted by Gasteiger charge is -2.62. The molecular weight excluding hydrogens is 417 g/mol. The van der Waals surface area contributed by atoms with Gasteiger partial charge in [0.05, 0.1) is 7.11 Å². The molecule has 1 aliphatic heterocycles. The molecule has 2 rings (SSSR count). The van der Waals surface area contributed by atoms with Crippen molar-refractivity contribution in [2.24, 2.45) is 10.4 Å². The lowest BCUT2D eigenvalue weighted by molar-refractivity contribution is -0.0666. The van der Waals surface area contributed by atoms with Gasteiger partial charge in [-0.25, -0.2) is 0 Å². The van der Waals surface area contributed by atoms with Crippen LogP contribution in [0.3, 0.4) is 0 Å². The van der Waals surface area contributed by atoms with E-state index in [4.69, 9.17) is 4.74 Å². The van der Waals surface area contributed by atoms with Crippen LogP contribution in [-0.2, 0) is 6.42 Å². The smallest absolute Gasteiger partial charge is 0.194 e. The fourth-order valence-electron chi connectivity index (χ4n) is 2.89. The number of halogens is 1. The number of guanidine groups is 1. The molecule has 0 unspecified atom stereocenters. The fraction of sp³-hybridized carbons (Fsp3) is 0.611. The number of aromatic hydroxyl groups is 1. The second-order valence-electron chi connectivity index (χ2n) is 7.25. The molecule has 1 saturated heterocycles. The maximum Gasteiger partial charge on any atom is 0.194 e. The van der Waals surface area contributed by atoms with Crippen LogP contribution in [0.25, 0.3) is 0 Å². The van der Waals surface area contributed by atoms with Gasteiger partial charge in [-0.2, -0.15) is 0 Å². The molecule has 1 aliphatic rings. The number of phenols is 1. The van der Waals surface area contributed by atoms with Gasteiger partial charge in [0.15, 0.2) is 5.96 Å². The number of benzene rings is 1. The predicted molar refractivity (Wildman–Crippen MR) is 110 cm³/mol. The van der Waals surface area contributed by atoms with E-state index in [1.807, 2.05) is 19.2 Å². The van der Waals surface area contributed by atoms with Crippen LogP contribution < -0.4 is 10.1 Å². The topological polar surface area (TPSA) is 57.1 Å². The first-order valence-corrected chi connectivity index (χ1v) is 8.07. The van der Waals surface area contributed by atoms with Crippen LogP contribution in [0.15, 0.2) is 23.2 Å². The molecule has 136 valence electrons. The Kier molecular flexibility index (Phi) is 6.78. The number of rotatable bonds is 4. The van der Waals surface area contributed by atoms with E-state index >= 15 is 0 Å². The predicted octanol–water partition coefficient (Wildman–Crippen LogP) is 3.26. The molecule has 6 heteroatoms. The van der Waals surface area contributed by atoms with Crippen molar-refractivity contribution in [2.75, 3.05) is 27.2 Å². The summed E-state index contributed by atoms with van der Waals surface area (Å²) in [6.07, 6.45) is 0.729. The van der Waals surface area contributed by atoms with Crippen molar-refractivity contribution in [1.29, 1.82) is 0 Å². The highest BCUT2D eigenvalue weighted by Gasteiger charge is 2.53. The van der Waals surface area contributed by atoms with Gasteiger partial charge in [0.2, 0.25) is 0 Å². The van der Waals surface area contributed by atoms with E-state index in [9.17, 15) is 5.11 Å². The molecule has 0 spiro atoms. The molecule has 1 aromatic rings. The van der Waals surface area contributed by atoms with Crippen LogP contribution in [0.1, 0.15) is 33.3 Å². The Bertz CT molecular complexity index is 600. The Hall–Kier alpha value is -1.18. The maximum atomic E-state index is 10.0. The molecule has 1 heterocycles. The van der Waals surface area contributed by atoms with Crippen molar-refractivity contribution >= 4 is 29.9 Å². The third-order valence-electron chi connectivity index (χ3n) is 5.32. The zero-order valence-corrected chi connectivity index (χ0v) is 17.8. The number of hydrogen-bond acceptors (Lipinski definition) is 3. The number of ether oxygens (including phenoxy) is 1. The average molecular weight is 447 g/mol. The van der Waals surface area contributed by atoms with Crippen molar-refractivity contribution in [3.05, 3.63) is 23.8 Å². The monoisotopic (exact) mass is 447 g/mol. The summed E-state index contributed by atoms with van der Waals surface area (Å²) < 4.78 is 5.10. The van der Waals surface area contributed by atoms with E-state index in [1.54, 1.807) is 13.2 Å². The van der Waals surface area contributed by atoms with Crippen LogP contribution >= 0.6 is 24.0 Å². The zero-order chi connectivity index (χ0) is 17.3. The molecule has 0 radical (unpaired) electrons. The number of aliphatic imine (C=N–C) groups is 1. The summed E-state index contributed by atoms with van der Waals surface area (Å²) in [5.74, 6) is 1.86. The van der Waals surface area contributed by atoms with E-state index in [0.29, 0.717) is 5.75 Å². The molecular formula is C18H30IN3O2. The molecule has 1 fully saturated rings. The van der Waals surface area contributed by atoms with Crippen molar-refractivity contribution in [3.63, 3.8) is 0 Å². The molecule has 0 aromatic heterocycles. The molecule has 2 N–H and O–H groups in total. The Balaban J connectivity index is 0.00000288. The van der Waals surface area contributed by atoms with Gasteiger partial charge in [0.1, 0.15) is 11.5 Å². The second kappa shape index (κ2) is 7.80. The average Bonchev–Trinajstić information content (AvgIpc) is 2.51. The minimum atomic E-state index is 0. The lowest BCUT2D eigenvalue weighted by Crippen LogP contribution is -2.72. The first kappa shape index (κ1) is 20.9. The molecule has 0 atom stereocenters. The van der Waals surface area contributed by atoms with Crippen molar-refractivity contribution in [1.82, 2.24) is 10.2 Å². The molecule has 0 bridgehead atoms. The Morgan fingerprint density at radius 3 is 2.46 bits per heavy atom. The molecule has 0 saturated carbocycles. The van der Waals surface area contributed by atoms with Crippen LogP contribution in [0, 0.1) is 5.41 Å². The van der Waals surface area contributed by atoms with Crippen LogP contribution in [0.2, 0.25) is 0 Å². The third-order valence-corrected chi connectivity index (χ3v) is 5.32. The van der Waals surface area contributed by atoms with Gasteiger partial charge in [-0.1, -0.05) is 19.9 Å². The Morgan fingerprint density at radius 2 is 2.00 bits per heavy atom. The Labute approximate surface area is 162 Å². The van der Waals surface area contributed by atoms with E-state index in [2.05, 4.69) is 42.9 Å². The van der Waals surface area contributed by atoms with Gasteiger partial charge in [-0.15, -0.1) is 24.0 Å². The van der Waals surface area contributed by atoms with E-state index in [1.165, 1.54) is 0 Å². The number of methoxy groups -OCH3 is 1. The number of hydrogen-bond donors (Lipinski definition) is 2. The first-order chi connectivity index (χ1) is 10.7. The fourth-order valence-corrected chi connectivity index (χ4v) is 2.89. The van der Waals surface area contributed by atoms with Crippen molar-refractivity contribution in [3.8, 4) is 11.5 Å². The quantitative estimate of drug-likeness (QED) is 0.423. The largest absolute Gasteiger partial charge is 0.508 e. The molecule has 1 aromatic carbocycles. The van der Waals surface area contributed by atoms with E-state index in [0.717, 1.165) is 31.0 Å². The van der Waals surface area contributed by atoms with Crippen molar-refractivity contribution in [2.45, 2.75) is 39.7 Å². The summed E-state index contributed by atoms with van der Waals surface area (Å²) in [4.78, 5) is 6.71. The Morgan fingerprint density at radius 1 is 1.33 bits per heavy atom. The van der Waals surface area contributed by atoms with Gasteiger partial charge < -0.3 is 20.1 Å². The molecule has 5 nitrogen and oxygen atoms in total. The van der Waals surface area contributed by atoms with E-state index < -0.39 is 0 Å². The molecule has 0 aliphatic carbocycles. The number of nitrogens with one attached hydrogen (secondary N) is 1. The minimum Gasteiger partial charge on any atom is -0.508 e. The summed E-state index contributed by atoms with van der Waals surface area (Å²) in [5, 5.41) is 13.4. The summed E-state index contributed by atoms with van der Waals surface area (Å²) in [5.41, 5.74) is 1.26. The third kappa shape index (κ3) is 3.90. The number of likely N-dealkylation sites (tertiary alicyclic amines) is 1. The maximum absolute atomic E-state index is 10.0. The van der Waals surface area contributed by atoms with Crippen LogP contribution in [0.5, 0.6) is 11.5 Å². The lowest BCUT2D eigenvalue weighted by atomic mass is 9.65. The first-order valence-electron chi connectivity index (χ1n) is 8.07. The summed E-state index contributed by atoms with van der Waals surface area (Å²) in [7, 11) is 3.41. The van der Waals surface area contributed by atoms with E-state index in [-0.39, 0.29) is 40.7 Å².